The molecule has 0 aliphatic carbocycles. The smallest absolute Gasteiger partial charge is 0.141 e. The Bertz CT molecular complexity index is 696. The number of hydrogen-bond donors (Lipinski definition) is 2. The molecule has 1 fully saturated rings. The highest BCUT2D eigenvalue weighted by Gasteiger charge is 2.37. The molecule has 2 N–H and O–H groups in total. The molecule has 0 unspecified atom stereocenters. The van der Waals surface area contributed by atoms with Crippen LogP contribution >= 0.6 is 0 Å². The van der Waals surface area contributed by atoms with E-state index >= 15 is 0 Å². The molecule has 0 radical (unpaired) electrons. The maximum absolute atomic E-state index is 13.7. The monoisotopic (exact) mass is 301 g/mol. The summed E-state index contributed by atoms with van der Waals surface area (Å²) in [5.41, 5.74) is 0.321. The second-order valence-corrected chi connectivity index (χ2v) is 5.63. The number of β-amino-alcohol motifs (C(OH)–C–C–N with tert-alkyl or cyclic N) is 1. The van der Waals surface area contributed by atoms with E-state index in [1.807, 2.05) is 6.07 Å². The third kappa shape index (κ3) is 2.84. The van der Waals surface area contributed by atoms with Gasteiger partial charge >= 0.3 is 0 Å². The lowest BCUT2D eigenvalue weighted by Gasteiger charge is -2.38. The van der Waals surface area contributed by atoms with E-state index < -0.39 is 11.4 Å². The molecule has 2 heterocycles. The van der Waals surface area contributed by atoms with Gasteiger partial charge < -0.3 is 5.11 Å². The predicted molar refractivity (Wildman–Crippen MR) is 75.9 cm³/mol. The molecule has 2 aromatic rings. The molecule has 0 bridgehead atoms. The Balaban J connectivity index is 1.73. The Morgan fingerprint density at radius 1 is 1.50 bits per heavy atom. The summed E-state index contributed by atoms with van der Waals surface area (Å²) in [5, 5.41) is 29.7. The highest BCUT2D eigenvalue weighted by Crippen LogP contribution is 2.30. The number of rotatable bonds is 3. The molecule has 6 nitrogen and oxygen atoms in total. The van der Waals surface area contributed by atoms with E-state index in [0.29, 0.717) is 25.2 Å². The minimum absolute atomic E-state index is 0.0431. The third-order valence-electron chi connectivity index (χ3n) is 4.00. The van der Waals surface area contributed by atoms with Gasteiger partial charge in [-0.2, -0.15) is 20.7 Å². The normalized spacial score (nSPS) is 22.4. The Hall–Kier alpha value is -2.30. The summed E-state index contributed by atoms with van der Waals surface area (Å²) < 4.78 is 13.7. The van der Waals surface area contributed by atoms with Crippen molar-refractivity contribution in [2.45, 2.75) is 25.0 Å². The standard InChI is InChI=1S/C15H16FN5O/c16-13-6-11(2-3-12(13)7-17)9-21-5-1-4-15(22,10-21)14-8-18-20-19-14/h2-3,6,8,22H,1,4-5,9-10H2,(H,18,19,20)/t15-/m1/s1. The first-order valence-electron chi connectivity index (χ1n) is 7.10. The Morgan fingerprint density at radius 3 is 3.05 bits per heavy atom. The van der Waals surface area contributed by atoms with Crippen LogP contribution in [-0.4, -0.2) is 38.5 Å². The lowest BCUT2D eigenvalue weighted by Crippen LogP contribution is -2.45. The number of aliphatic hydroxyl groups is 1. The largest absolute Gasteiger partial charge is 0.382 e. The van der Waals surface area contributed by atoms with Gasteiger partial charge in [-0.1, -0.05) is 6.07 Å². The van der Waals surface area contributed by atoms with Crippen LogP contribution in [0, 0.1) is 17.1 Å². The van der Waals surface area contributed by atoms with Crippen molar-refractivity contribution in [1.29, 1.82) is 5.26 Å². The minimum Gasteiger partial charge on any atom is -0.382 e. The lowest BCUT2D eigenvalue weighted by molar-refractivity contribution is -0.0414. The molecule has 22 heavy (non-hydrogen) atoms. The van der Waals surface area contributed by atoms with Crippen LogP contribution in [-0.2, 0) is 12.1 Å². The van der Waals surface area contributed by atoms with E-state index in [0.717, 1.165) is 18.5 Å². The molecule has 7 heteroatoms. The van der Waals surface area contributed by atoms with Crippen molar-refractivity contribution >= 4 is 0 Å². The number of H-pyrrole nitrogens is 1. The third-order valence-corrected chi connectivity index (χ3v) is 4.00. The Kier molecular flexibility index (Phi) is 3.88. The SMILES string of the molecule is N#Cc1ccc(CN2CCC[C@](O)(c3cn[nH]n3)C2)cc1F. The van der Waals surface area contributed by atoms with Gasteiger partial charge in [-0.15, -0.1) is 0 Å². The Labute approximate surface area is 127 Å². The van der Waals surface area contributed by atoms with Gasteiger partial charge in [0.25, 0.3) is 0 Å². The van der Waals surface area contributed by atoms with E-state index in [9.17, 15) is 9.50 Å². The maximum Gasteiger partial charge on any atom is 0.141 e. The number of hydrogen-bond acceptors (Lipinski definition) is 5. The average molecular weight is 301 g/mol. The van der Waals surface area contributed by atoms with Gasteiger partial charge in [0.15, 0.2) is 0 Å². The van der Waals surface area contributed by atoms with Gasteiger partial charge in [-0.3, -0.25) is 4.90 Å². The first-order chi connectivity index (χ1) is 10.6. The van der Waals surface area contributed by atoms with Crippen molar-refractivity contribution in [3.05, 3.63) is 47.0 Å². The zero-order chi connectivity index (χ0) is 15.6. The molecular weight excluding hydrogens is 285 g/mol. The van der Waals surface area contributed by atoms with Crippen LogP contribution in [0.2, 0.25) is 0 Å². The first kappa shape index (κ1) is 14.6. The first-order valence-corrected chi connectivity index (χ1v) is 7.10. The zero-order valence-electron chi connectivity index (χ0n) is 12.0. The van der Waals surface area contributed by atoms with Crippen LogP contribution in [0.4, 0.5) is 4.39 Å². The van der Waals surface area contributed by atoms with Gasteiger partial charge in [0.05, 0.1) is 11.8 Å². The summed E-state index contributed by atoms with van der Waals surface area (Å²) in [4.78, 5) is 2.05. The summed E-state index contributed by atoms with van der Waals surface area (Å²) in [6.07, 6.45) is 2.98. The number of likely N-dealkylation sites (tertiary alicyclic amines) is 1. The fraction of sp³-hybridized carbons (Fsp3) is 0.400. The maximum atomic E-state index is 13.7. The summed E-state index contributed by atoms with van der Waals surface area (Å²) in [7, 11) is 0. The number of aromatic nitrogens is 3. The van der Waals surface area contributed by atoms with Crippen LogP contribution in [0.1, 0.15) is 29.7 Å². The lowest BCUT2D eigenvalue weighted by atomic mass is 9.90. The van der Waals surface area contributed by atoms with E-state index in [-0.39, 0.29) is 5.56 Å². The van der Waals surface area contributed by atoms with Crippen molar-refractivity contribution in [3.63, 3.8) is 0 Å². The number of nitrogens with zero attached hydrogens (tertiary/aromatic N) is 4. The van der Waals surface area contributed by atoms with Crippen molar-refractivity contribution in [1.82, 2.24) is 20.3 Å². The van der Waals surface area contributed by atoms with Gasteiger partial charge in [-0.05, 0) is 37.1 Å². The molecule has 1 aliphatic heterocycles. The molecule has 0 saturated carbocycles. The number of nitriles is 1. The second kappa shape index (κ2) is 5.83. The van der Waals surface area contributed by atoms with E-state index in [4.69, 9.17) is 5.26 Å². The number of halogens is 1. The zero-order valence-corrected chi connectivity index (χ0v) is 12.0. The summed E-state index contributed by atoms with van der Waals surface area (Å²) in [5.74, 6) is -0.510. The van der Waals surface area contributed by atoms with Crippen LogP contribution in [0.3, 0.4) is 0 Å². The molecule has 1 saturated heterocycles. The molecule has 0 spiro atoms. The molecule has 1 aliphatic rings. The molecular formula is C15H16FN5O. The molecule has 114 valence electrons. The van der Waals surface area contributed by atoms with Crippen molar-refractivity contribution in [3.8, 4) is 6.07 Å². The van der Waals surface area contributed by atoms with Crippen LogP contribution in [0.15, 0.2) is 24.4 Å². The minimum atomic E-state index is -1.03. The van der Waals surface area contributed by atoms with Crippen LogP contribution < -0.4 is 0 Å². The summed E-state index contributed by atoms with van der Waals surface area (Å²) in [6.45, 7) is 1.76. The van der Waals surface area contributed by atoms with Crippen LogP contribution in [0.5, 0.6) is 0 Å². The van der Waals surface area contributed by atoms with E-state index in [1.54, 1.807) is 6.07 Å². The van der Waals surface area contributed by atoms with Crippen molar-refractivity contribution < 1.29 is 9.50 Å². The highest BCUT2D eigenvalue weighted by molar-refractivity contribution is 5.33. The van der Waals surface area contributed by atoms with E-state index in [2.05, 4.69) is 20.3 Å². The molecule has 1 aromatic heterocycles. The average Bonchev–Trinajstić information content (AvgIpc) is 3.03. The summed E-state index contributed by atoms with van der Waals surface area (Å²) in [6, 6.07) is 6.41. The molecule has 3 rings (SSSR count). The summed E-state index contributed by atoms with van der Waals surface area (Å²) >= 11 is 0. The van der Waals surface area contributed by atoms with Crippen molar-refractivity contribution in [2.75, 3.05) is 13.1 Å². The van der Waals surface area contributed by atoms with E-state index in [1.165, 1.54) is 18.3 Å². The van der Waals surface area contributed by atoms with Crippen molar-refractivity contribution in [2.24, 2.45) is 0 Å². The Morgan fingerprint density at radius 2 is 2.36 bits per heavy atom. The van der Waals surface area contributed by atoms with Gasteiger partial charge in [-0.25, -0.2) is 4.39 Å². The van der Waals surface area contributed by atoms with Gasteiger partial charge in [0.1, 0.15) is 23.2 Å². The number of benzene rings is 1. The molecule has 1 aromatic carbocycles. The number of nitrogens with one attached hydrogen (secondary N) is 1. The fourth-order valence-electron chi connectivity index (χ4n) is 2.90. The fourth-order valence-corrected chi connectivity index (χ4v) is 2.90. The second-order valence-electron chi connectivity index (χ2n) is 5.63. The molecule has 1 atom stereocenters. The quantitative estimate of drug-likeness (QED) is 0.892. The molecule has 0 amide bonds. The van der Waals surface area contributed by atoms with Crippen LogP contribution in [0.25, 0.3) is 0 Å². The van der Waals surface area contributed by atoms with Gasteiger partial charge in [0, 0.05) is 13.1 Å². The number of aromatic amines is 1. The highest BCUT2D eigenvalue weighted by atomic mass is 19.1. The van der Waals surface area contributed by atoms with Gasteiger partial charge in [0.2, 0.25) is 0 Å². The predicted octanol–water partition coefficient (Wildman–Crippen LogP) is 1.30. The topological polar surface area (TPSA) is 88.8 Å². The number of piperidine rings is 1.